The van der Waals surface area contributed by atoms with Crippen LogP contribution in [0, 0.1) is 5.92 Å². The second-order valence-electron chi connectivity index (χ2n) is 4.21. The van der Waals surface area contributed by atoms with Gasteiger partial charge in [-0.3, -0.25) is 4.79 Å². The number of hydrogen-bond acceptors (Lipinski definition) is 2. The van der Waals surface area contributed by atoms with E-state index < -0.39 is 0 Å². The highest BCUT2D eigenvalue weighted by molar-refractivity contribution is 5.97. The van der Waals surface area contributed by atoms with E-state index in [2.05, 4.69) is 19.2 Å². The first-order valence-electron chi connectivity index (χ1n) is 5.50. The Bertz CT molecular complexity index is 361. The van der Waals surface area contributed by atoms with E-state index in [9.17, 15) is 4.79 Å². The van der Waals surface area contributed by atoms with Crippen LogP contribution < -0.4 is 10.1 Å². The van der Waals surface area contributed by atoms with Gasteiger partial charge in [-0.1, -0.05) is 26.0 Å². The van der Waals surface area contributed by atoms with Crippen LogP contribution in [0.2, 0.25) is 0 Å². The molecule has 0 saturated carbocycles. The molecule has 88 valence electrons. The highest BCUT2D eigenvalue weighted by Crippen LogP contribution is 2.17. The first kappa shape index (κ1) is 12.6. The summed E-state index contributed by atoms with van der Waals surface area (Å²) in [5, 5.41) is 2.95. The van der Waals surface area contributed by atoms with E-state index in [4.69, 9.17) is 4.74 Å². The molecule has 1 amide bonds. The summed E-state index contributed by atoms with van der Waals surface area (Å²) in [6.07, 6.45) is 0. The normalized spacial score (nSPS) is 12.3. The number of carbonyl (C=O) groups excluding carboxylic acids is 1. The Morgan fingerprint density at radius 3 is 2.44 bits per heavy atom. The van der Waals surface area contributed by atoms with Crippen LogP contribution in [-0.2, 0) is 0 Å². The third-order valence-electron chi connectivity index (χ3n) is 2.71. The van der Waals surface area contributed by atoms with Gasteiger partial charge in [0, 0.05) is 6.04 Å². The molecular formula is C13H19NO2. The summed E-state index contributed by atoms with van der Waals surface area (Å²) in [6.45, 7) is 6.15. The van der Waals surface area contributed by atoms with E-state index in [1.807, 2.05) is 19.1 Å². The van der Waals surface area contributed by atoms with Gasteiger partial charge in [0.2, 0.25) is 0 Å². The van der Waals surface area contributed by atoms with Crippen molar-refractivity contribution in [1.29, 1.82) is 0 Å². The Hall–Kier alpha value is -1.51. The van der Waals surface area contributed by atoms with Gasteiger partial charge in [0.15, 0.2) is 0 Å². The molecule has 0 saturated heterocycles. The molecule has 0 fully saturated rings. The molecule has 0 spiro atoms. The maximum absolute atomic E-state index is 11.9. The van der Waals surface area contributed by atoms with Crippen molar-refractivity contribution in [2.45, 2.75) is 26.8 Å². The molecule has 0 aromatic heterocycles. The maximum Gasteiger partial charge on any atom is 0.255 e. The summed E-state index contributed by atoms with van der Waals surface area (Å²) in [7, 11) is 1.57. The Morgan fingerprint density at radius 1 is 1.25 bits per heavy atom. The van der Waals surface area contributed by atoms with Crippen molar-refractivity contribution in [2.24, 2.45) is 5.92 Å². The van der Waals surface area contributed by atoms with Gasteiger partial charge in [0.25, 0.3) is 5.91 Å². The second-order valence-corrected chi connectivity index (χ2v) is 4.21. The number of rotatable bonds is 4. The molecular weight excluding hydrogens is 202 g/mol. The zero-order chi connectivity index (χ0) is 12.1. The minimum absolute atomic E-state index is 0.0846. The lowest BCUT2D eigenvalue weighted by Crippen LogP contribution is -2.36. The van der Waals surface area contributed by atoms with E-state index in [1.165, 1.54) is 0 Å². The number of nitrogens with one attached hydrogen (secondary N) is 1. The standard InChI is InChI=1S/C13H19NO2/c1-9(2)10(3)14-13(15)11-7-5-6-8-12(11)16-4/h5-10H,1-4H3,(H,14,15)/t10-/m0/s1. The van der Waals surface area contributed by atoms with Crippen molar-refractivity contribution in [3.8, 4) is 5.75 Å². The van der Waals surface area contributed by atoms with Crippen LogP contribution in [0.5, 0.6) is 5.75 Å². The van der Waals surface area contributed by atoms with Crippen molar-refractivity contribution in [3.63, 3.8) is 0 Å². The third kappa shape index (κ3) is 2.99. The lowest BCUT2D eigenvalue weighted by Gasteiger charge is -2.18. The molecule has 0 aliphatic carbocycles. The fourth-order valence-corrected chi connectivity index (χ4v) is 1.28. The fourth-order valence-electron chi connectivity index (χ4n) is 1.28. The molecule has 0 aliphatic rings. The second kappa shape index (κ2) is 5.54. The van der Waals surface area contributed by atoms with Crippen LogP contribution in [0.3, 0.4) is 0 Å². The average molecular weight is 221 g/mol. The first-order valence-corrected chi connectivity index (χ1v) is 5.50. The maximum atomic E-state index is 11.9. The van der Waals surface area contributed by atoms with Crippen LogP contribution in [0.25, 0.3) is 0 Å². The Balaban J connectivity index is 2.80. The summed E-state index contributed by atoms with van der Waals surface area (Å²) in [6, 6.07) is 7.38. The van der Waals surface area contributed by atoms with Gasteiger partial charge in [-0.25, -0.2) is 0 Å². The third-order valence-corrected chi connectivity index (χ3v) is 2.71. The van der Waals surface area contributed by atoms with Gasteiger partial charge >= 0.3 is 0 Å². The van der Waals surface area contributed by atoms with E-state index in [0.717, 1.165) is 0 Å². The largest absolute Gasteiger partial charge is 0.496 e. The smallest absolute Gasteiger partial charge is 0.255 e. The van der Waals surface area contributed by atoms with Crippen LogP contribution >= 0.6 is 0 Å². The molecule has 0 bridgehead atoms. The molecule has 1 aromatic rings. The van der Waals surface area contributed by atoms with E-state index >= 15 is 0 Å². The van der Waals surface area contributed by atoms with Gasteiger partial charge in [-0.15, -0.1) is 0 Å². The molecule has 3 heteroatoms. The van der Waals surface area contributed by atoms with Crippen molar-refractivity contribution in [2.75, 3.05) is 7.11 Å². The van der Waals surface area contributed by atoms with Gasteiger partial charge in [-0.05, 0) is 25.0 Å². The van der Waals surface area contributed by atoms with Crippen LogP contribution in [0.4, 0.5) is 0 Å². The van der Waals surface area contributed by atoms with E-state index in [1.54, 1.807) is 19.2 Å². The summed E-state index contributed by atoms with van der Waals surface area (Å²) in [5.41, 5.74) is 0.581. The van der Waals surface area contributed by atoms with Gasteiger partial charge in [0.1, 0.15) is 5.75 Å². The summed E-state index contributed by atoms with van der Waals surface area (Å²) < 4.78 is 5.15. The Labute approximate surface area is 96.8 Å². The molecule has 1 rings (SSSR count). The number of hydrogen-bond donors (Lipinski definition) is 1. The number of carbonyl (C=O) groups is 1. The molecule has 1 aromatic carbocycles. The highest BCUT2D eigenvalue weighted by Gasteiger charge is 2.15. The lowest BCUT2D eigenvalue weighted by molar-refractivity contribution is 0.0927. The molecule has 3 nitrogen and oxygen atoms in total. The minimum atomic E-state index is -0.0846. The van der Waals surface area contributed by atoms with Crippen molar-refractivity contribution in [1.82, 2.24) is 5.32 Å². The Kier molecular flexibility index (Phi) is 4.35. The monoisotopic (exact) mass is 221 g/mol. The van der Waals surface area contributed by atoms with Crippen LogP contribution in [0.15, 0.2) is 24.3 Å². The quantitative estimate of drug-likeness (QED) is 0.848. The van der Waals surface area contributed by atoms with Crippen molar-refractivity contribution in [3.05, 3.63) is 29.8 Å². The molecule has 0 unspecified atom stereocenters. The number of ether oxygens (including phenoxy) is 1. The van der Waals surface area contributed by atoms with Crippen molar-refractivity contribution < 1.29 is 9.53 Å². The van der Waals surface area contributed by atoms with Crippen molar-refractivity contribution >= 4 is 5.91 Å². The van der Waals surface area contributed by atoms with Crippen LogP contribution in [0.1, 0.15) is 31.1 Å². The SMILES string of the molecule is COc1ccccc1C(=O)N[C@@H](C)C(C)C. The van der Waals surface area contributed by atoms with E-state index in [-0.39, 0.29) is 11.9 Å². The predicted molar refractivity (Wildman–Crippen MR) is 64.8 cm³/mol. The minimum Gasteiger partial charge on any atom is -0.496 e. The fraction of sp³-hybridized carbons (Fsp3) is 0.462. The lowest BCUT2D eigenvalue weighted by atomic mass is 10.1. The molecule has 1 N–H and O–H groups in total. The zero-order valence-electron chi connectivity index (χ0n) is 10.3. The first-order chi connectivity index (χ1) is 7.56. The molecule has 1 atom stereocenters. The molecule has 16 heavy (non-hydrogen) atoms. The average Bonchev–Trinajstić information content (AvgIpc) is 2.28. The summed E-state index contributed by atoms with van der Waals surface area (Å²) in [4.78, 5) is 11.9. The molecule has 0 heterocycles. The topological polar surface area (TPSA) is 38.3 Å². The van der Waals surface area contributed by atoms with Gasteiger partial charge in [-0.2, -0.15) is 0 Å². The van der Waals surface area contributed by atoms with Gasteiger partial charge in [0.05, 0.1) is 12.7 Å². The summed E-state index contributed by atoms with van der Waals surface area (Å²) >= 11 is 0. The van der Waals surface area contributed by atoms with Crippen LogP contribution in [-0.4, -0.2) is 19.1 Å². The number of amides is 1. The number of para-hydroxylation sites is 1. The summed E-state index contributed by atoms with van der Waals surface area (Å²) in [5.74, 6) is 0.938. The molecule has 0 radical (unpaired) electrons. The zero-order valence-corrected chi connectivity index (χ0v) is 10.3. The predicted octanol–water partition coefficient (Wildman–Crippen LogP) is 2.47. The number of methoxy groups -OCH3 is 1. The molecule has 0 aliphatic heterocycles. The Morgan fingerprint density at radius 2 is 1.88 bits per heavy atom. The van der Waals surface area contributed by atoms with E-state index in [0.29, 0.717) is 17.2 Å². The highest BCUT2D eigenvalue weighted by atomic mass is 16.5. The van der Waals surface area contributed by atoms with Gasteiger partial charge < -0.3 is 10.1 Å². The number of benzene rings is 1.